The van der Waals surface area contributed by atoms with Gasteiger partial charge in [-0.2, -0.15) is 0 Å². The van der Waals surface area contributed by atoms with Crippen LogP contribution in [-0.2, 0) is 6.42 Å². The number of halogens is 1. The molecule has 0 saturated carbocycles. The second kappa shape index (κ2) is 8.05. The van der Waals surface area contributed by atoms with E-state index in [0.29, 0.717) is 0 Å². The van der Waals surface area contributed by atoms with E-state index in [0.717, 1.165) is 24.8 Å². The Morgan fingerprint density at radius 3 is 2.42 bits per heavy atom. The zero-order valence-electron chi connectivity index (χ0n) is 11.3. The largest absolute Gasteiger partial charge is 0.505 e. The number of aryl methyl sites for hydroxylation is 1. The predicted molar refractivity (Wildman–Crippen MR) is 77.2 cm³/mol. The first-order valence-corrected chi connectivity index (χ1v) is 7.19. The average molecular weight is 285 g/mol. The smallest absolute Gasteiger partial charge is 0.339 e. The molecule has 19 heavy (non-hydrogen) atoms. The Labute approximate surface area is 119 Å². The molecule has 2 N–H and O–H groups in total. The first-order valence-electron chi connectivity index (χ1n) is 6.81. The van der Waals surface area contributed by atoms with Gasteiger partial charge in [-0.1, -0.05) is 56.7 Å². The van der Waals surface area contributed by atoms with Crippen LogP contribution in [0, 0.1) is 0 Å². The van der Waals surface area contributed by atoms with Gasteiger partial charge in [0.2, 0.25) is 0 Å². The van der Waals surface area contributed by atoms with Crippen LogP contribution in [0.2, 0.25) is 5.02 Å². The average Bonchev–Trinajstić information content (AvgIpc) is 2.38. The van der Waals surface area contributed by atoms with E-state index in [4.69, 9.17) is 16.7 Å². The van der Waals surface area contributed by atoms with Crippen LogP contribution in [0.5, 0.6) is 5.75 Å². The molecule has 0 amide bonds. The number of hydrogen-bond donors (Lipinski definition) is 2. The topological polar surface area (TPSA) is 57.5 Å². The quantitative estimate of drug-likeness (QED) is 0.683. The fourth-order valence-electron chi connectivity index (χ4n) is 2.07. The molecule has 0 unspecified atom stereocenters. The van der Waals surface area contributed by atoms with Crippen LogP contribution >= 0.6 is 11.6 Å². The lowest BCUT2D eigenvalue weighted by molar-refractivity contribution is 0.0693. The summed E-state index contributed by atoms with van der Waals surface area (Å²) in [4.78, 5) is 10.8. The molecule has 0 aliphatic rings. The maximum Gasteiger partial charge on any atom is 0.339 e. The van der Waals surface area contributed by atoms with Crippen molar-refractivity contribution in [2.75, 3.05) is 0 Å². The number of carbonyl (C=O) groups is 1. The van der Waals surface area contributed by atoms with Gasteiger partial charge in [0.1, 0.15) is 11.3 Å². The minimum absolute atomic E-state index is 0.142. The Bertz CT molecular complexity index is 430. The SMILES string of the molecule is CCCCCCCCc1ccc(C(=O)O)c(O)c1Cl. The van der Waals surface area contributed by atoms with Gasteiger partial charge in [-0.05, 0) is 24.5 Å². The monoisotopic (exact) mass is 284 g/mol. The van der Waals surface area contributed by atoms with Crippen LogP contribution in [-0.4, -0.2) is 16.2 Å². The lowest BCUT2D eigenvalue weighted by Crippen LogP contribution is -1.99. The van der Waals surface area contributed by atoms with E-state index in [-0.39, 0.29) is 16.3 Å². The molecule has 3 nitrogen and oxygen atoms in total. The summed E-state index contributed by atoms with van der Waals surface area (Å²) in [6, 6.07) is 3.10. The number of benzene rings is 1. The minimum Gasteiger partial charge on any atom is -0.505 e. The highest BCUT2D eigenvalue weighted by atomic mass is 35.5. The summed E-state index contributed by atoms with van der Waals surface area (Å²) < 4.78 is 0. The standard InChI is InChI=1S/C15H21ClO3/c1-2-3-4-5-6-7-8-11-9-10-12(15(18)19)14(17)13(11)16/h9-10,17H,2-8H2,1H3,(H,18,19). The third-order valence-electron chi connectivity index (χ3n) is 3.23. The third kappa shape index (κ3) is 4.75. The molecular weight excluding hydrogens is 264 g/mol. The summed E-state index contributed by atoms with van der Waals surface area (Å²) in [6.45, 7) is 2.19. The molecule has 1 rings (SSSR count). The Morgan fingerprint density at radius 2 is 1.79 bits per heavy atom. The van der Waals surface area contributed by atoms with Gasteiger partial charge in [0.25, 0.3) is 0 Å². The normalized spacial score (nSPS) is 10.6. The molecule has 4 heteroatoms. The van der Waals surface area contributed by atoms with Gasteiger partial charge >= 0.3 is 5.97 Å². The van der Waals surface area contributed by atoms with Gasteiger partial charge in [-0.25, -0.2) is 4.79 Å². The maximum absolute atomic E-state index is 10.8. The van der Waals surface area contributed by atoms with Gasteiger partial charge in [-0.3, -0.25) is 0 Å². The molecule has 0 aromatic heterocycles. The molecule has 106 valence electrons. The first-order chi connectivity index (χ1) is 9.07. The summed E-state index contributed by atoms with van der Waals surface area (Å²) in [5.41, 5.74) is 0.677. The van der Waals surface area contributed by atoms with Gasteiger partial charge in [0.05, 0.1) is 5.02 Å². The van der Waals surface area contributed by atoms with Gasteiger partial charge in [-0.15, -0.1) is 0 Å². The zero-order valence-corrected chi connectivity index (χ0v) is 12.0. The van der Waals surface area contributed by atoms with E-state index in [9.17, 15) is 9.90 Å². The van der Waals surface area contributed by atoms with Crippen molar-refractivity contribution in [2.24, 2.45) is 0 Å². The van der Waals surface area contributed by atoms with E-state index in [1.165, 1.54) is 31.7 Å². The van der Waals surface area contributed by atoms with Gasteiger partial charge < -0.3 is 10.2 Å². The molecule has 1 aromatic carbocycles. The van der Waals surface area contributed by atoms with Crippen LogP contribution in [0.25, 0.3) is 0 Å². The Hall–Kier alpha value is -1.22. The lowest BCUT2D eigenvalue weighted by Gasteiger charge is -2.08. The van der Waals surface area contributed by atoms with Crippen molar-refractivity contribution in [3.05, 3.63) is 28.3 Å². The van der Waals surface area contributed by atoms with Crippen LogP contribution in [0.4, 0.5) is 0 Å². The molecule has 0 fully saturated rings. The van der Waals surface area contributed by atoms with Crippen molar-refractivity contribution in [1.29, 1.82) is 0 Å². The Kier molecular flexibility index (Phi) is 6.71. The van der Waals surface area contributed by atoms with E-state index in [1.54, 1.807) is 6.07 Å². The number of phenols is 1. The van der Waals surface area contributed by atoms with Crippen LogP contribution in [0.3, 0.4) is 0 Å². The number of carboxylic acids is 1. The highest BCUT2D eigenvalue weighted by molar-refractivity contribution is 6.33. The maximum atomic E-state index is 10.8. The highest BCUT2D eigenvalue weighted by Gasteiger charge is 2.15. The predicted octanol–water partition coefficient (Wildman–Crippen LogP) is 4.65. The summed E-state index contributed by atoms with van der Waals surface area (Å²) in [5, 5.41) is 18.7. The van der Waals surface area contributed by atoms with Crippen molar-refractivity contribution >= 4 is 17.6 Å². The van der Waals surface area contributed by atoms with Crippen molar-refractivity contribution in [2.45, 2.75) is 51.9 Å². The lowest BCUT2D eigenvalue weighted by atomic mass is 10.0. The molecule has 0 atom stereocenters. The Balaban J connectivity index is 2.51. The van der Waals surface area contributed by atoms with Crippen LogP contribution < -0.4 is 0 Å². The number of carboxylic acid groups (broad SMARTS) is 1. The molecule has 0 aliphatic carbocycles. The fraction of sp³-hybridized carbons (Fsp3) is 0.533. The first kappa shape index (κ1) is 15.8. The molecule has 1 aromatic rings. The highest BCUT2D eigenvalue weighted by Crippen LogP contribution is 2.32. The van der Waals surface area contributed by atoms with Crippen LogP contribution in [0.1, 0.15) is 61.4 Å². The van der Waals surface area contributed by atoms with Gasteiger partial charge in [0.15, 0.2) is 0 Å². The fourth-order valence-corrected chi connectivity index (χ4v) is 2.33. The molecule has 0 aliphatic heterocycles. The number of aromatic carboxylic acids is 1. The number of aromatic hydroxyl groups is 1. The second-order valence-electron chi connectivity index (χ2n) is 4.76. The van der Waals surface area contributed by atoms with Crippen molar-refractivity contribution in [1.82, 2.24) is 0 Å². The summed E-state index contributed by atoms with van der Waals surface area (Å²) in [7, 11) is 0. The van der Waals surface area contributed by atoms with E-state index in [2.05, 4.69) is 6.92 Å². The summed E-state index contributed by atoms with van der Waals surface area (Å²) in [6.07, 6.45) is 7.90. The van der Waals surface area contributed by atoms with Gasteiger partial charge in [0, 0.05) is 0 Å². The van der Waals surface area contributed by atoms with Crippen molar-refractivity contribution in [3.8, 4) is 5.75 Å². The molecule has 0 radical (unpaired) electrons. The summed E-state index contributed by atoms with van der Waals surface area (Å²) >= 11 is 5.99. The van der Waals surface area contributed by atoms with E-state index < -0.39 is 5.97 Å². The number of unbranched alkanes of at least 4 members (excludes halogenated alkanes) is 5. The Morgan fingerprint density at radius 1 is 1.16 bits per heavy atom. The van der Waals surface area contributed by atoms with E-state index >= 15 is 0 Å². The van der Waals surface area contributed by atoms with Crippen molar-refractivity contribution < 1.29 is 15.0 Å². The molecule has 0 bridgehead atoms. The number of rotatable bonds is 8. The van der Waals surface area contributed by atoms with Crippen molar-refractivity contribution in [3.63, 3.8) is 0 Å². The van der Waals surface area contributed by atoms with Crippen LogP contribution in [0.15, 0.2) is 12.1 Å². The third-order valence-corrected chi connectivity index (χ3v) is 3.65. The minimum atomic E-state index is -1.16. The molecule has 0 heterocycles. The second-order valence-corrected chi connectivity index (χ2v) is 5.14. The molecular formula is C15H21ClO3. The zero-order chi connectivity index (χ0) is 14.3. The molecule has 0 saturated heterocycles. The van der Waals surface area contributed by atoms with E-state index in [1.807, 2.05) is 0 Å². The summed E-state index contributed by atoms with van der Waals surface area (Å²) in [5.74, 6) is -1.48. The number of hydrogen-bond acceptors (Lipinski definition) is 2. The molecule has 0 spiro atoms.